The molecule has 1 heterocycles. The van der Waals surface area contributed by atoms with E-state index >= 15 is 0 Å². The van der Waals surface area contributed by atoms with Crippen LogP contribution in [-0.2, 0) is 6.54 Å². The van der Waals surface area contributed by atoms with Crippen LogP contribution in [0.15, 0.2) is 18.2 Å². The molecule has 0 atom stereocenters. The van der Waals surface area contributed by atoms with E-state index in [0.29, 0.717) is 17.0 Å². The zero-order chi connectivity index (χ0) is 15.5. The van der Waals surface area contributed by atoms with Crippen molar-refractivity contribution >= 4 is 17.0 Å². The molecule has 21 heavy (non-hydrogen) atoms. The van der Waals surface area contributed by atoms with Crippen molar-refractivity contribution in [2.75, 3.05) is 11.9 Å². The third-order valence-electron chi connectivity index (χ3n) is 2.55. The van der Waals surface area contributed by atoms with Gasteiger partial charge in [0, 0.05) is 6.07 Å². The van der Waals surface area contributed by atoms with Crippen LogP contribution in [0.2, 0.25) is 0 Å². The van der Waals surface area contributed by atoms with Gasteiger partial charge in [-0.05, 0) is 12.1 Å². The molecule has 1 aromatic heterocycles. The number of terminal acetylenes is 2. The van der Waals surface area contributed by atoms with Gasteiger partial charge in [-0.25, -0.2) is 4.98 Å². The van der Waals surface area contributed by atoms with Crippen LogP contribution in [0.1, 0.15) is 0 Å². The first-order chi connectivity index (χ1) is 9.94. The van der Waals surface area contributed by atoms with Gasteiger partial charge in [0.05, 0.1) is 24.1 Å². The average Bonchev–Trinajstić information content (AvgIpc) is 2.73. The Balaban J connectivity index is 2.47. The highest BCUT2D eigenvalue weighted by molar-refractivity contribution is 5.80. The molecule has 0 radical (unpaired) electrons. The van der Waals surface area contributed by atoms with Gasteiger partial charge in [-0.2, -0.15) is 0 Å². The van der Waals surface area contributed by atoms with Crippen molar-refractivity contribution in [3.63, 3.8) is 0 Å². The Morgan fingerprint density at radius 3 is 2.67 bits per heavy atom. The quantitative estimate of drug-likeness (QED) is 0.881. The van der Waals surface area contributed by atoms with E-state index in [9.17, 15) is 13.2 Å². The maximum Gasteiger partial charge on any atom is 0.573 e. The molecule has 0 fully saturated rings. The van der Waals surface area contributed by atoms with Crippen LogP contribution in [0.3, 0.4) is 0 Å². The molecule has 0 aliphatic carbocycles. The Kier molecular flexibility index (Phi) is 3.95. The highest BCUT2D eigenvalue weighted by Crippen LogP contribution is 2.28. The van der Waals surface area contributed by atoms with Gasteiger partial charge in [0.15, 0.2) is 0 Å². The summed E-state index contributed by atoms with van der Waals surface area (Å²) in [6.07, 6.45) is 5.67. The van der Waals surface area contributed by atoms with Gasteiger partial charge in [-0.15, -0.1) is 26.0 Å². The second-order valence-corrected chi connectivity index (χ2v) is 3.98. The lowest BCUT2D eigenvalue weighted by atomic mass is 10.3. The molecule has 2 rings (SSSR count). The fourth-order valence-corrected chi connectivity index (χ4v) is 1.82. The Labute approximate surface area is 118 Å². The van der Waals surface area contributed by atoms with Gasteiger partial charge in [0.25, 0.3) is 0 Å². The van der Waals surface area contributed by atoms with Crippen molar-refractivity contribution < 1.29 is 17.9 Å². The van der Waals surface area contributed by atoms with Gasteiger partial charge >= 0.3 is 6.36 Å². The predicted octanol–water partition coefficient (Wildman–Crippen LogP) is 2.61. The van der Waals surface area contributed by atoms with Crippen molar-refractivity contribution in [3.05, 3.63) is 18.2 Å². The Hall–Kier alpha value is -2.80. The summed E-state index contributed by atoms with van der Waals surface area (Å²) in [7, 11) is 0. The number of hydrogen-bond acceptors (Lipinski definition) is 3. The van der Waals surface area contributed by atoms with Gasteiger partial charge < -0.3 is 10.1 Å². The van der Waals surface area contributed by atoms with E-state index in [0.717, 1.165) is 0 Å². The van der Waals surface area contributed by atoms with E-state index in [1.54, 1.807) is 4.57 Å². The standard InChI is InChI=1S/C14H10F3N3O/c1-3-7-18-13-19-11-6-5-10(21-14(15,16)17)9-12(11)20(13)8-4-2/h1-2,5-6,9H,7-8H2,(H,18,19). The minimum atomic E-state index is -4.75. The molecular formula is C14H10F3N3O. The summed E-state index contributed by atoms with van der Waals surface area (Å²) in [5.74, 6) is 4.85. The third-order valence-corrected chi connectivity index (χ3v) is 2.55. The molecule has 0 bridgehead atoms. The van der Waals surface area contributed by atoms with Crippen molar-refractivity contribution in [1.29, 1.82) is 0 Å². The van der Waals surface area contributed by atoms with Gasteiger partial charge in [-0.1, -0.05) is 11.8 Å². The van der Waals surface area contributed by atoms with Crippen LogP contribution < -0.4 is 10.1 Å². The first kappa shape index (κ1) is 14.6. The van der Waals surface area contributed by atoms with Crippen LogP contribution in [-0.4, -0.2) is 22.5 Å². The summed E-state index contributed by atoms with van der Waals surface area (Å²) in [4.78, 5) is 4.23. The van der Waals surface area contributed by atoms with Gasteiger partial charge in [0.2, 0.25) is 5.95 Å². The maximum atomic E-state index is 12.3. The summed E-state index contributed by atoms with van der Waals surface area (Å²) in [6, 6.07) is 3.84. The van der Waals surface area contributed by atoms with E-state index in [4.69, 9.17) is 12.8 Å². The molecule has 1 N–H and O–H groups in total. The molecule has 0 amide bonds. The van der Waals surface area contributed by atoms with Crippen LogP contribution >= 0.6 is 0 Å². The molecule has 0 spiro atoms. The normalized spacial score (nSPS) is 10.9. The lowest BCUT2D eigenvalue weighted by molar-refractivity contribution is -0.274. The molecular weight excluding hydrogens is 283 g/mol. The number of alkyl halides is 3. The average molecular weight is 293 g/mol. The molecule has 108 valence electrons. The summed E-state index contributed by atoms with van der Waals surface area (Å²) in [5, 5.41) is 2.86. The maximum absolute atomic E-state index is 12.3. The number of hydrogen-bond donors (Lipinski definition) is 1. The molecule has 7 heteroatoms. The van der Waals surface area contributed by atoms with Crippen LogP contribution in [0.4, 0.5) is 19.1 Å². The highest BCUT2D eigenvalue weighted by Gasteiger charge is 2.31. The summed E-state index contributed by atoms with van der Waals surface area (Å²) in [5.41, 5.74) is 0.911. The van der Waals surface area contributed by atoms with Gasteiger partial charge in [-0.3, -0.25) is 4.57 Å². The van der Waals surface area contributed by atoms with Crippen molar-refractivity contribution in [3.8, 4) is 30.4 Å². The lowest BCUT2D eigenvalue weighted by Gasteiger charge is -2.09. The van der Waals surface area contributed by atoms with E-state index in [2.05, 4.69) is 26.9 Å². The number of nitrogens with zero attached hydrogens (tertiary/aromatic N) is 2. The zero-order valence-electron chi connectivity index (χ0n) is 10.7. The highest BCUT2D eigenvalue weighted by atomic mass is 19.4. The molecule has 4 nitrogen and oxygen atoms in total. The number of rotatable bonds is 4. The molecule has 2 aromatic rings. The smallest absolute Gasteiger partial charge is 0.406 e. The largest absolute Gasteiger partial charge is 0.573 e. The van der Waals surface area contributed by atoms with Crippen molar-refractivity contribution in [1.82, 2.24) is 9.55 Å². The zero-order valence-corrected chi connectivity index (χ0v) is 10.7. The molecule has 0 unspecified atom stereocenters. The number of halogens is 3. The van der Waals surface area contributed by atoms with Crippen LogP contribution in [0.5, 0.6) is 5.75 Å². The number of ether oxygens (including phenoxy) is 1. The first-order valence-corrected chi connectivity index (χ1v) is 5.81. The number of benzene rings is 1. The van der Waals surface area contributed by atoms with Crippen LogP contribution in [0, 0.1) is 24.7 Å². The monoisotopic (exact) mass is 293 g/mol. The van der Waals surface area contributed by atoms with E-state index in [1.807, 2.05) is 0 Å². The SMILES string of the molecule is C#CCNc1nc2ccc(OC(F)(F)F)cc2n1CC#C. The second-order valence-electron chi connectivity index (χ2n) is 3.98. The molecule has 0 saturated carbocycles. The van der Waals surface area contributed by atoms with Crippen molar-refractivity contribution in [2.45, 2.75) is 12.9 Å². The van der Waals surface area contributed by atoms with Crippen LogP contribution in [0.25, 0.3) is 11.0 Å². The number of aromatic nitrogens is 2. The summed E-state index contributed by atoms with van der Waals surface area (Å²) < 4.78 is 42.2. The van der Waals surface area contributed by atoms with Gasteiger partial charge in [0.1, 0.15) is 5.75 Å². The fraction of sp³-hybridized carbons (Fsp3) is 0.214. The summed E-state index contributed by atoms with van der Waals surface area (Å²) in [6.45, 7) is 0.360. The second kappa shape index (κ2) is 5.68. The number of imidazole rings is 1. The number of anilines is 1. The fourth-order valence-electron chi connectivity index (χ4n) is 1.82. The number of fused-ring (bicyclic) bond motifs is 1. The topological polar surface area (TPSA) is 39.1 Å². The first-order valence-electron chi connectivity index (χ1n) is 5.81. The Morgan fingerprint density at radius 2 is 2.05 bits per heavy atom. The minimum Gasteiger partial charge on any atom is -0.406 e. The lowest BCUT2D eigenvalue weighted by Crippen LogP contribution is -2.17. The molecule has 0 aliphatic heterocycles. The summed E-state index contributed by atoms with van der Waals surface area (Å²) >= 11 is 0. The van der Waals surface area contributed by atoms with E-state index < -0.39 is 6.36 Å². The molecule has 0 aliphatic rings. The minimum absolute atomic E-state index is 0.138. The number of nitrogens with one attached hydrogen (secondary N) is 1. The van der Waals surface area contributed by atoms with E-state index in [-0.39, 0.29) is 18.8 Å². The van der Waals surface area contributed by atoms with E-state index in [1.165, 1.54) is 18.2 Å². The Morgan fingerprint density at radius 1 is 1.29 bits per heavy atom. The molecule has 1 aromatic carbocycles. The van der Waals surface area contributed by atoms with Crippen molar-refractivity contribution in [2.24, 2.45) is 0 Å². The third kappa shape index (κ3) is 3.40. The Bertz CT molecular complexity index is 735. The predicted molar refractivity (Wildman–Crippen MR) is 72.6 cm³/mol. The molecule has 0 saturated heterocycles.